The van der Waals surface area contributed by atoms with Gasteiger partial charge in [-0.1, -0.05) is 11.6 Å². The average Bonchev–Trinajstić information content (AvgIpc) is 2.42. The number of benzene rings is 2. The fourth-order valence-corrected chi connectivity index (χ4v) is 1.84. The van der Waals surface area contributed by atoms with Gasteiger partial charge in [-0.25, -0.2) is 9.97 Å². The molecule has 2 aromatic carbocycles. The van der Waals surface area contributed by atoms with Gasteiger partial charge in [0.15, 0.2) is 0 Å². The van der Waals surface area contributed by atoms with Crippen molar-refractivity contribution in [3.63, 3.8) is 0 Å². The molecule has 0 unspecified atom stereocenters. The number of fused-ring (bicyclic) bond motifs is 1. The zero-order valence-corrected chi connectivity index (χ0v) is 10.6. The van der Waals surface area contributed by atoms with Gasteiger partial charge in [-0.15, -0.1) is 0 Å². The molecule has 0 spiro atoms. The summed E-state index contributed by atoms with van der Waals surface area (Å²) in [5.41, 5.74) is 7.77. The monoisotopic (exact) mass is 271 g/mol. The van der Waals surface area contributed by atoms with Crippen LogP contribution < -0.4 is 10.5 Å². The van der Waals surface area contributed by atoms with Crippen LogP contribution in [0.2, 0.25) is 5.02 Å². The van der Waals surface area contributed by atoms with Crippen LogP contribution in [-0.4, -0.2) is 9.97 Å². The molecule has 0 saturated carbocycles. The molecule has 5 heteroatoms. The van der Waals surface area contributed by atoms with Crippen molar-refractivity contribution >= 4 is 28.3 Å². The van der Waals surface area contributed by atoms with Gasteiger partial charge in [0.1, 0.15) is 5.75 Å². The Balaban J connectivity index is 1.93. The smallest absolute Gasteiger partial charge is 0.238 e. The lowest BCUT2D eigenvalue weighted by Gasteiger charge is -2.05. The van der Waals surface area contributed by atoms with Gasteiger partial charge in [-0.2, -0.15) is 0 Å². The van der Waals surface area contributed by atoms with Gasteiger partial charge >= 0.3 is 0 Å². The van der Waals surface area contributed by atoms with E-state index in [1.807, 2.05) is 0 Å². The van der Waals surface area contributed by atoms with Gasteiger partial charge in [-0.05, 0) is 42.5 Å². The van der Waals surface area contributed by atoms with Crippen molar-refractivity contribution in [2.75, 3.05) is 5.73 Å². The Hall–Kier alpha value is -2.33. The molecule has 1 heterocycles. The van der Waals surface area contributed by atoms with Gasteiger partial charge < -0.3 is 10.5 Å². The van der Waals surface area contributed by atoms with Crippen LogP contribution in [0.25, 0.3) is 11.0 Å². The van der Waals surface area contributed by atoms with Gasteiger partial charge in [0.05, 0.1) is 17.2 Å². The molecular formula is C14H10ClN3O. The topological polar surface area (TPSA) is 61.0 Å². The Morgan fingerprint density at radius 2 is 1.79 bits per heavy atom. The number of hydrogen-bond acceptors (Lipinski definition) is 4. The second-order valence-corrected chi connectivity index (χ2v) is 4.45. The maximum atomic E-state index is 5.89. The van der Waals surface area contributed by atoms with Gasteiger partial charge in [0.2, 0.25) is 5.88 Å². The van der Waals surface area contributed by atoms with Crippen LogP contribution >= 0.6 is 11.6 Å². The van der Waals surface area contributed by atoms with E-state index in [4.69, 9.17) is 22.1 Å². The van der Waals surface area contributed by atoms with Crippen molar-refractivity contribution < 1.29 is 4.74 Å². The predicted molar refractivity (Wildman–Crippen MR) is 75.5 cm³/mol. The molecule has 0 atom stereocenters. The molecule has 3 rings (SSSR count). The second kappa shape index (κ2) is 4.74. The van der Waals surface area contributed by atoms with E-state index in [9.17, 15) is 0 Å². The van der Waals surface area contributed by atoms with E-state index in [-0.39, 0.29) is 0 Å². The summed E-state index contributed by atoms with van der Waals surface area (Å²) in [6.07, 6.45) is 1.56. The van der Waals surface area contributed by atoms with Crippen molar-refractivity contribution in [1.29, 1.82) is 0 Å². The molecule has 4 nitrogen and oxygen atoms in total. The largest absolute Gasteiger partial charge is 0.437 e. The Morgan fingerprint density at radius 1 is 1.00 bits per heavy atom. The quantitative estimate of drug-likeness (QED) is 0.723. The number of rotatable bonds is 2. The standard InChI is InChI=1S/C14H10ClN3O/c15-9-1-6-12-13(7-9)17-8-14(18-12)19-11-4-2-10(16)3-5-11/h1-8H,16H2. The number of anilines is 1. The first-order valence-electron chi connectivity index (χ1n) is 5.66. The van der Waals surface area contributed by atoms with Crippen molar-refractivity contribution in [2.24, 2.45) is 0 Å². The first-order chi connectivity index (χ1) is 9.20. The van der Waals surface area contributed by atoms with E-state index in [1.54, 1.807) is 48.7 Å². The van der Waals surface area contributed by atoms with Gasteiger partial charge in [-0.3, -0.25) is 0 Å². The average molecular weight is 272 g/mol. The van der Waals surface area contributed by atoms with Crippen molar-refractivity contribution in [2.45, 2.75) is 0 Å². The SMILES string of the molecule is Nc1ccc(Oc2cnc3cc(Cl)ccc3n2)cc1. The van der Waals surface area contributed by atoms with E-state index in [0.717, 1.165) is 11.0 Å². The molecule has 0 bridgehead atoms. The number of nitrogen functional groups attached to an aromatic ring is 1. The summed E-state index contributed by atoms with van der Waals surface area (Å²) >= 11 is 5.89. The van der Waals surface area contributed by atoms with E-state index in [1.165, 1.54) is 0 Å². The number of nitrogens with zero attached hydrogens (tertiary/aromatic N) is 2. The molecule has 2 N–H and O–H groups in total. The summed E-state index contributed by atoms with van der Waals surface area (Å²) in [7, 11) is 0. The number of aromatic nitrogens is 2. The summed E-state index contributed by atoms with van der Waals surface area (Å²) in [5, 5.41) is 0.633. The summed E-state index contributed by atoms with van der Waals surface area (Å²) in [6, 6.07) is 12.4. The molecule has 0 saturated heterocycles. The highest BCUT2D eigenvalue weighted by atomic mass is 35.5. The minimum absolute atomic E-state index is 0.430. The number of halogens is 1. The highest BCUT2D eigenvalue weighted by Gasteiger charge is 2.03. The molecule has 19 heavy (non-hydrogen) atoms. The minimum atomic E-state index is 0.430. The zero-order valence-electron chi connectivity index (χ0n) is 9.88. The first kappa shape index (κ1) is 11.7. The summed E-state index contributed by atoms with van der Waals surface area (Å²) in [5.74, 6) is 1.09. The van der Waals surface area contributed by atoms with E-state index >= 15 is 0 Å². The Bertz CT molecular complexity index is 728. The predicted octanol–water partition coefficient (Wildman–Crippen LogP) is 3.66. The van der Waals surface area contributed by atoms with Crippen LogP contribution in [0.1, 0.15) is 0 Å². The Kier molecular flexibility index (Phi) is 2.93. The highest BCUT2D eigenvalue weighted by Crippen LogP contribution is 2.23. The van der Waals surface area contributed by atoms with Crippen LogP contribution in [-0.2, 0) is 0 Å². The highest BCUT2D eigenvalue weighted by molar-refractivity contribution is 6.31. The molecule has 94 valence electrons. The molecule has 0 amide bonds. The lowest BCUT2D eigenvalue weighted by molar-refractivity contribution is 0.463. The van der Waals surface area contributed by atoms with Crippen LogP contribution in [0.4, 0.5) is 5.69 Å². The second-order valence-electron chi connectivity index (χ2n) is 4.01. The number of nitrogens with two attached hydrogens (primary N) is 1. The summed E-state index contributed by atoms with van der Waals surface area (Å²) in [6.45, 7) is 0. The molecule has 0 radical (unpaired) electrons. The fourth-order valence-electron chi connectivity index (χ4n) is 1.67. The lowest BCUT2D eigenvalue weighted by atomic mass is 10.3. The Morgan fingerprint density at radius 3 is 2.58 bits per heavy atom. The van der Waals surface area contributed by atoms with Crippen LogP contribution in [0, 0.1) is 0 Å². The molecule has 0 aliphatic rings. The molecule has 0 aliphatic carbocycles. The van der Waals surface area contributed by atoms with E-state index in [0.29, 0.717) is 22.3 Å². The maximum absolute atomic E-state index is 5.89. The zero-order chi connectivity index (χ0) is 13.2. The third kappa shape index (κ3) is 2.58. The van der Waals surface area contributed by atoms with Crippen LogP contribution in [0.15, 0.2) is 48.7 Å². The molecule has 0 aliphatic heterocycles. The van der Waals surface area contributed by atoms with Crippen molar-refractivity contribution in [3.8, 4) is 11.6 Å². The van der Waals surface area contributed by atoms with Crippen molar-refractivity contribution in [1.82, 2.24) is 9.97 Å². The maximum Gasteiger partial charge on any atom is 0.238 e. The molecule has 1 aromatic heterocycles. The summed E-state index contributed by atoms with van der Waals surface area (Å²) < 4.78 is 5.61. The number of ether oxygens (including phenoxy) is 1. The normalized spacial score (nSPS) is 10.6. The van der Waals surface area contributed by atoms with E-state index in [2.05, 4.69) is 9.97 Å². The number of hydrogen-bond donors (Lipinski definition) is 1. The van der Waals surface area contributed by atoms with Crippen LogP contribution in [0.5, 0.6) is 11.6 Å². The first-order valence-corrected chi connectivity index (χ1v) is 6.04. The van der Waals surface area contributed by atoms with Gasteiger partial charge in [0.25, 0.3) is 0 Å². The third-order valence-electron chi connectivity index (χ3n) is 2.58. The third-order valence-corrected chi connectivity index (χ3v) is 2.82. The van der Waals surface area contributed by atoms with E-state index < -0.39 is 0 Å². The van der Waals surface area contributed by atoms with Gasteiger partial charge in [0, 0.05) is 10.7 Å². The summed E-state index contributed by atoms with van der Waals surface area (Å²) in [4.78, 5) is 8.62. The molecular weight excluding hydrogens is 262 g/mol. The minimum Gasteiger partial charge on any atom is -0.437 e. The van der Waals surface area contributed by atoms with Crippen molar-refractivity contribution in [3.05, 3.63) is 53.7 Å². The molecule has 0 fully saturated rings. The molecule has 3 aromatic rings. The lowest BCUT2D eigenvalue weighted by Crippen LogP contribution is -1.91. The van der Waals surface area contributed by atoms with Crippen LogP contribution in [0.3, 0.4) is 0 Å². The fraction of sp³-hybridized carbons (Fsp3) is 0. The Labute approximate surface area is 114 Å².